The lowest BCUT2D eigenvalue weighted by molar-refractivity contribution is -0.136. The molecule has 0 aromatic heterocycles. The summed E-state index contributed by atoms with van der Waals surface area (Å²) in [4.78, 5) is 17.3. The van der Waals surface area contributed by atoms with E-state index < -0.39 is 0 Å². The summed E-state index contributed by atoms with van der Waals surface area (Å²) in [6.07, 6.45) is 7.10. The van der Waals surface area contributed by atoms with Crippen molar-refractivity contribution in [3.8, 4) is 0 Å². The Morgan fingerprint density at radius 3 is 2.61 bits per heavy atom. The maximum atomic E-state index is 12.8. The molecule has 0 spiro atoms. The fraction of sp³-hybridized carbons (Fsp3) is 0.632. The van der Waals surface area contributed by atoms with Gasteiger partial charge >= 0.3 is 0 Å². The molecule has 1 saturated carbocycles. The first-order valence-electron chi connectivity index (χ1n) is 8.95. The van der Waals surface area contributed by atoms with Crippen LogP contribution in [0.5, 0.6) is 0 Å². The van der Waals surface area contributed by atoms with Gasteiger partial charge in [0.2, 0.25) is 5.91 Å². The lowest BCUT2D eigenvalue weighted by Crippen LogP contribution is -2.48. The van der Waals surface area contributed by atoms with Crippen molar-refractivity contribution in [3.63, 3.8) is 0 Å². The smallest absolute Gasteiger partial charge is 0.237 e. The maximum absolute atomic E-state index is 12.8. The van der Waals surface area contributed by atoms with E-state index in [4.69, 9.17) is 11.6 Å². The molecule has 4 heteroatoms. The Kier molecular flexibility index (Phi) is 5.60. The van der Waals surface area contributed by atoms with Crippen LogP contribution in [0, 0.1) is 0 Å². The SMILES string of the molecule is CCC1CCCCN1C(=O)CN(Cc1ccc(Cl)cc1)C1CC1. The van der Waals surface area contributed by atoms with Crippen molar-refractivity contribution in [2.45, 2.75) is 64.1 Å². The Bertz CT molecular complexity index is 527. The van der Waals surface area contributed by atoms with Crippen molar-refractivity contribution < 1.29 is 4.79 Å². The number of likely N-dealkylation sites (tertiary alicyclic amines) is 1. The van der Waals surface area contributed by atoms with Crippen molar-refractivity contribution in [2.75, 3.05) is 13.1 Å². The van der Waals surface area contributed by atoms with Gasteiger partial charge < -0.3 is 4.90 Å². The molecule has 1 amide bonds. The minimum atomic E-state index is 0.317. The maximum Gasteiger partial charge on any atom is 0.237 e. The topological polar surface area (TPSA) is 23.6 Å². The molecule has 1 aromatic rings. The summed E-state index contributed by atoms with van der Waals surface area (Å²) in [7, 11) is 0. The van der Waals surface area contributed by atoms with E-state index in [0.29, 0.717) is 24.5 Å². The second kappa shape index (κ2) is 7.67. The van der Waals surface area contributed by atoms with Gasteiger partial charge in [0.05, 0.1) is 6.54 Å². The highest BCUT2D eigenvalue weighted by Gasteiger charge is 2.33. The van der Waals surface area contributed by atoms with Gasteiger partial charge in [-0.15, -0.1) is 0 Å². The van der Waals surface area contributed by atoms with Crippen molar-refractivity contribution in [3.05, 3.63) is 34.9 Å². The Balaban J connectivity index is 1.62. The Hall–Kier alpha value is -1.06. The number of hydrogen-bond acceptors (Lipinski definition) is 2. The molecule has 0 radical (unpaired) electrons. The Morgan fingerprint density at radius 2 is 1.96 bits per heavy atom. The first-order valence-corrected chi connectivity index (χ1v) is 9.33. The van der Waals surface area contributed by atoms with Gasteiger partial charge in [0.1, 0.15) is 0 Å². The van der Waals surface area contributed by atoms with Crippen LogP contribution in [0.1, 0.15) is 51.0 Å². The highest BCUT2D eigenvalue weighted by Crippen LogP contribution is 2.29. The number of amides is 1. The van der Waals surface area contributed by atoms with E-state index in [9.17, 15) is 4.79 Å². The zero-order chi connectivity index (χ0) is 16.2. The molecule has 0 N–H and O–H groups in total. The molecule has 3 rings (SSSR count). The predicted molar refractivity (Wildman–Crippen MR) is 94.5 cm³/mol. The van der Waals surface area contributed by atoms with E-state index in [2.05, 4.69) is 28.9 Å². The molecule has 1 heterocycles. The predicted octanol–water partition coefficient (Wildman–Crippen LogP) is 4.10. The number of carbonyl (C=O) groups excluding carboxylic acids is 1. The third-order valence-corrected chi connectivity index (χ3v) is 5.37. The standard InChI is InChI=1S/C19H27ClN2O/c1-2-17-5-3-4-12-22(17)19(23)14-21(18-10-11-18)13-15-6-8-16(20)9-7-15/h6-9,17-18H,2-5,10-14H2,1H3. The van der Waals surface area contributed by atoms with Gasteiger partial charge in [-0.3, -0.25) is 9.69 Å². The fourth-order valence-corrected chi connectivity index (χ4v) is 3.72. The van der Waals surface area contributed by atoms with Gasteiger partial charge in [0.15, 0.2) is 0 Å². The van der Waals surface area contributed by atoms with Gasteiger partial charge in [-0.2, -0.15) is 0 Å². The molecule has 1 aliphatic heterocycles. The highest BCUT2D eigenvalue weighted by atomic mass is 35.5. The van der Waals surface area contributed by atoms with E-state index in [-0.39, 0.29) is 0 Å². The summed E-state index contributed by atoms with van der Waals surface area (Å²) in [6.45, 7) is 4.54. The number of piperidine rings is 1. The third-order valence-electron chi connectivity index (χ3n) is 5.12. The molecule has 1 aliphatic carbocycles. The van der Waals surface area contributed by atoms with E-state index in [1.807, 2.05) is 12.1 Å². The fourth-order valence-electron chi connectivity index (χ4n) is 3.60. The van der Waals surface area contributed by atoms with E-state index >= 15 is 0 Å². The molecule has 0 bridgehead atoms. The van der Waals surface area contributed by atoms with Gasteiger partial charge in [0.25, 0.3) is 0 Å². The minimum absolute atomic E-state index is 0.317. The second-order valence-electron chi connectivity index (χ2n) is 6.91. The number of nitrogens with zero attached hydrogens (tertiary/aromatic N) is 2. The number of rotatable bonds is 6. The molecule has 126 valence electrons. The largest absolute Gasteiger partial charge is 0.339 e. The van der Waals surface area contributed by atoms with Crippen LogP contribution >= 0.6 is 11.6 Å². The quantitative estimate of drug-likeness (QED) is 0.782. The van der Waals surface area contributed by atoms with Crippen LogP contribution in [-0.2, 0) is 11.3 Å². The van der Waals surface area contributed by atoms with E-state index in [1.54, 1.807) is 0 Å². The molecular formula is C19H27ClN2O. The number of benzene rings is 1. The average Bonchev–Trinajstić information content (AvgIpc) is 3.41. The third kappa shape index (κ3) is 4.48. The summed E-state index contributed by atoms with van der Waals surface area (Å²) in [6, 6.07) is 9.03. The number of halogens is 1. The minimum Gasteiger partial charge on any atom is -0.339 e. The van der Waals surface area contributed by atoms with E-state index in [0.717, 1.165) is 31.0 Å². The average molecular weight is 335 g/mol. The molecule has 2 aliphatic rings. The van der Waals surface area contributed by atoms with Gasteiger partial charge in [-0.1, -0.05) is 30.7 Å². The summed E-state index contributed by atoms with van der Waals surface area (Å²) in [5.41, 5.74) is 1.24. The Morgan fingerprint density at radius 1 is 1.22 bits per heavy atom. The molecular weight excluding hydrogens is 308 g/mol. The number of hydrogen-bond donors (Lipinski definition) is 0. The zero-order valence-corrected chi connectivity index (χ0v) is 14.8. The molecule has 2 fully saturated rings. The number of carbonyl (C=O) groups is 1. The lowest BCUT2D eigenvalue weighted by atomic mass is 10.00. The lowest BCUT2D eigenvalue weighted by Gasteiger charge is -2.36. The van der Waals surface area contributed by atoms with Crippen LogP contribution in [0.3, 0.4) is 0 Å². The first kappa shape index (κ1) is 16.8. The second-order valence-corrected chi connectivity index (χ2v) is 7.34. The molecule has 1 saturated heterocycles. The van der Waals surface area contributed by atoms with Crippen LogP contribution in [0.2, 0.25) is 5.02 Å². The van der Waals surface area contributed by atoms with Crippen molar-refractivity contribution in [1.29, 1.82) is 0 Å². The first-order chi connectivity index (χ1) is 11.2. The van der Waals surface area contributed by atoms with Crippen molar-refractivity contribution in [2.24, 2.45) is 0 Å². The monoisotopic (exact) mass is 334 g/mol. The summed E-state index contributed by atoms with van der Waals surface area (Å²) < 4.78 is 0. The highest BCUT2D eigenvalue weighted by molar-refractivity contribution is 6.30. The van der Waals surface area contributed by atoms with Crippen molar-refractivity contribution in [1.82, 2.24) is 9.80 Å². The van der Waals surface area contributed by atoms with Crippen LogP contribution in [0.25, 0.3) is 0 Å². The molecule has 1 unspecified atom stereocenters. The normalized spacial score (nSPS) is 21.7. The van der Waals surface area contributed by atoms with Crippen LogP contribution in [0.15, 0.2) is 24.3 Å². The van der Waals surface area contributed by atoms with Gasteiger partial charge in [0, 0.05) is 30.2 Å². The summed E-state index contributed by atoms with van der Waals surface area (Å²) in [5, 5.41) is 0.766. The van der Waals surface area contributed by atoms with Crippen LogP contribution < -0.4 is 0 Å². The van der Waals surface area contributed by atoms with E-state index in [1.165, 1.54) is 31.2 Å². The van der Waals surface area contributed by atoms with Crippen LogP contribution in [-0.4, -0.2) is 40.9 Å². The van der Waals surface area contributed by atoms with Gasteiger partial charge in [-0.25, -0.2) is 0 Å². The molecule has 3 nitrogen and oxygen atoms in total. The Labute approximate surface area is 144 Å². The van der Waals surface area contributed by atoms with Gasteiger partial charge in [-0.05, 0) is 56.2 Å². The summed E-state index contributed by atoms with van der Waals surface area (Å²) in [5.74, 6) is 0.317. The molecule has 23 heavy (non-hydrogen) atoms. The van der Waals surface area contributed by atoms with Crippen molar-refractivity contribution >= 4 is 17.5 Å². The molecule has 1 atom stereocenters. The zero-order valence-electron chi connectivity index (χ0n) is 14.0. The molecule has 1 aromatic carbocycles. The van der Waals surface area contributed by atoms with Crippen LogP contribution in [0.4, 0.5) is 0 Å². The summed E-state index contributed by atoms with van der Waals surface area (Å²) >= 11 is 5.97.